The minimum absolute atomic E-state index is 0.197. The van der Waals surface area contributed by atoms with Crippen LogP contribution >= 0.6 is 11.6 Å². The van der Waals surface area contributed by atoms with Crippen molar-refractivity contribution in [3.63, 3.8) is 0 Å². The molecule has 0 radical (unpaired) electrons. The normalized spacial score (nSPS) is 23.9. The van der Waals surface area contributed by atoms with Crippen LogP contribution in [0.3, 0.4) is 0 Å². The molecular formula is C12H13ClN2O. The molecule has 0 bridgehead atoms. The molecule has 2 aliphatic heterocycles. The standard InChI is InChI=1S/C12H13ClN2O/c13-9-1-2-10-8(5-9)3-4-15-11(10)6-14-7-12(15)16/h1-2,5,11,14H,3-4,6-7H2. The molecule has 2 aliphatic rings. The number of piperazine rings is 1. The van der Waals surface area contributed by atoms with E-state index in [0.29, 0.717) is 6.54 Å². The molecule has 1 fully saturated rings. The van der Waals surface area contributed by atoms with Gasteiger partial charge in [0.25, 0.3) is 0 Å². The Morgan fingerprint density at radius 1 is 1.44 bits per heavy atom. The first kappa shape index (κ1) is 10.1. The van der Waals surface area contributed by atoms with Crippen LogP contribution in [0, 0.1) is 0 Å². The number of nitrogens with zero attached hydrogens (tertiary/aromatic N) is 1. The van der Waals surface area contributed by atoms with E-state index >= 15 is 0 Å². The van der Waals surface area contributed by atoms with Gasteiger partial charge in [-0.2, -0.15) is 0 Å². The van der Waals surface area contributed by atoms with Crippen molar-refractivity contribution in [1.82, 2.24) is 10.2 Å². The van der Waals surface area contributed by atoms with Crippen LogP contribution in [0.5, 0.6) is 0 Å². The Kier molecular flexibility index (Phi) is 2.37. The van der Waals surface area contributed by atoms with Gasteiger partial charge in [-0.15, -0.1) is 0 Å². The maximum atomic E-state index is 11.7. The Bertz CT molecular complexity index is 447. The summed E-state index contributed by atoms with van der Waals surface area (Å²) in [5.41, 5.74) is 2.53. The topological polar surface area (TPSA) is 32.3 Å². The number of halogens is 1. The van der Waals surface area contributed by atoms with E-state index < -0.39 is 0 Å². The maximum Gasteiger partial charge on any atom is 0.237 e. The van der Waals surface area contributed by atoms with E-state index in [1.54, 1.807) is 0 Å². The lowest BCUT2D eigenvalue weighted by atomic mass is 9.91. The zero-order valence-electron chi connectivity index (χ0n) is 8.87. The highest BCUT2D eigenvalue weighted by Gasteiger charge is 2.33. The summed E-state index contributed by atoms with van der Waals surface area (Å²) >= 11 is 5.98. The third kappa shape index (κ3) is 1.51. The van der Waals surface area contributed by atoms with Gasteiger partial charge in [-0.3, -0.25) is 4.79 Å². The average molecular weight is 237 g/mol. The molecular weight excluding hydrogens is 224 g/mol. The molecule has 3 nitrogen and oxygen atoms in total. The Morgan fingerprint density at radius 2 is 2.31 bits per heavy atom. The SMILES string of the molecule is O=C1CNCC2c3ccc(Cl)cc3CCN12. The minimum Gasteiger partial charge on any atom is -0.333 e. The molecule has 0 spiro atoms. The van der Waals surface area contributed by atoms with Crippen LogP contribution in [0.15, 0.2) is 18.2 Å². The summed E-state index contributed by atoms with van der Waals surface area (Å²) in [7, 11) is 0. The van der Waals surface area contributed by atoms with Crippen LogP contribution in [0.25, 0.3) is 0 Å². The molecule has 1 N–H and O–H groups in total. The molecule has 1 atom stereocenters. The number of fused-ring (bicyclic) bond motifs is 3. The van der Waals surface area contributed by atoms with E-state index in [1.807, 2.05) is 17.0 Å². The van der Waals surface area contributed by atoms with Crippen molar-refractivity contribution in [2.75, 3.05) is 19.6 Å². The highest BCUT2D eigenvalue weighted by molar-refractivity contribution is 6.30. The van der Waals surface area contributed by atoms with Gasteiger partial charge in [0.05, 0.1) is 12.6 Å². The van der Waals surface area contributed by atoms with Crippen molar-refractivity contribution in [1.29, 1.82) is 0 Å². The lowest BCUT2D eigenvalue weighted by molar-refractivity contribution is -0.135. The molecule has 1 aromatic carbocycles. The number of carbonyl (C=O) groups is 1. The maximum absolute atomic E-state index is 11.7. The van der Waals surface area contributed by atoms with E-state index in [1.165, 1.54) is 11.1 Å². The van der Waals surface area contributed by atoms with Gasteiger partial charge in [-0.05, 0) is 29.7 Å². The molecule has 0 aliphatic carbocycles. The molecule has 2 heterocycles. The number of hydrogen-bond acceptors (Lipinski definition) is 2. The molecule has 84 valence electrons. The average Bonchev–Trinajstić information content (AvgIpc) is 2.28. The first-order valence-electron chi connectivity index (χ1n) is 5.54. The number of carbonyl (C=O) groups excluding carboxylic acids is 1. The fraction of sp³-hybridized carbons (Fsp3) is 0.417. The summed E-state index contributed by atoms with van der Waals surface area (Å²) in [5.74, 6) is 0.205. The van der Waals surface area contributed by atoms with Crippen molar-refractivity contribution >= 4 is 17.5 Å². The zero-order chi connectivity index (χ0) is 11.1. The molecule has 1 saturated heterocycles. The summed E-state index contributed by atoms with van der Waals surface area (Å²) < 4.78 is 0. The van der Waals surface area contributed by atoms with Gasteiger partial charge >= 0.3 is 0 Å². The van der Waals surface area contributed by atoms with Crippen LogP contribution < -0.4 is 5.32 Å². The third-order valence-corrected chi connectivity index (χ3v) is 3.63. The number of hydrogen-bond donors (Lipinski definition) is 1. The lowest BCUT2D eigenvalue weighted by Crippen LogP contribution is -2.52. The smallest absolute Gasteiger partial charge is 0.237 e. The van der Waals surface area contributed by atoms with Gasteiger partial charge in [-0.25, -0.2) is 0 Å². The van der Waals surface area contributed by atoms with Crippen LogP contribution in [0.1, 0.15) is 17.2 Å². The predicted molar refractivity (Wildman–Crippen MR) is 62.5 cm³/mol. The van der Waals surface area contributed by atoms with Crippen LogP contribution in [-0.2, 0) is 11.2 Å². The Hall–Kier alpha value is -1.06. The number of nitrogens with one attached hydrogen (secondary N) is 1. The second-order valence-corrected chi connectivity index (χ2v) is 4.76. The summed E-state index contributed by atoms with van der Waals surface area (Å²) in [4.78, 5) is 13.7. The molecule has 1 amide bonds. The minimum atomic E-state index is 0.197. The Balaban J connectivity index is 2.02. The fourth-order valence-electron chi connectivity index (χ4n) is 2.62. The summed E-state index contributed by atoms with van der Waals surface area (Å²) in [6.45, 7) is 2.14. The second-order valence-electron chi connectivity index (χ2n) is 4.33. The van der Waals surface area contributed by atoms with Crippen LogP contribution in [0.4, 0.5) is 0 Å². The molecule has 0 saturated carbocycles. The zero-order valence-corrected chi connectivity index (χ0v) is 9.63. The van der Waals surface area contributed by atoms with E-state index in [-0.39, 0.29) is 11.9 Å². The molecule has 1 aromatic rings. The largest absolute Gasteiger partial charge is 0.333 e. The van der Waals surface area contributed by atoms with Crippen LogP contribution in [-0.4, -0.2) is 30.4 Å². The number of benzene rings is 1. The van der Waals surface area contributed by atoms with E-state index in [0.717, 1.165) is 24.5 Å². The van der Waals surface area contributed by atoms with Crippen LogP contribution in [0.2, 0.25) is 5.02 Å². The second kappa shape index (κ2) is 3.75. The van der Waals surface area contributed by atoms with Gasteiger partial charge in [0.15, 0.2) is 0 Å². The van der Waals surface area contributed by atoms with E-state index in [4.69, 9.17) is 11.6 Å². The van der Waals surface area contributed by atoms with Crippen molar-refractivity contribution in [2.45, 2.75) is 12.5 Å². The predicted octanol–water partition coefficient (Wildman–Crippen LogP) is 1.37. The van der Waals surface area contributed by atoms with Gasteiger partial charge < -0.3 is 10.2 Å². The van der Waals surface area contributed by atoms with Crippen molar-refractivity contribution in [2.24, 2.45) is 0 Å². The van der Waals surface area contributed by atoms with Crippen molar-refractivity contribution in [3.05, 3.63) is 34.3 Å². The monoisotopic (exact) mass is 236 g/mol. The first-order valence-corrected chi connectivity index (χ1v) is 5.92. The van der Waals surface area contributed by atoms with E-state index in [9.17, 15) is 4.79 Å². The molecule has 3 rings (SSSR count). The highest BCUT2D eigenvalue weighted by atomic mass is 35.5. The molecule has 1 unspecified atom stereocenters. The van der Waals surface area contributed by atoms with Gasteiger partial charge in [0.1, 0.15) is 0 Å². The summed E-state index contributed by atoms with van der Waals surface area (Å²) in [6, 6.07) is 6.17. The van der Waals surface area contributed by atoms with Gasteiger partial charge in [-0.1, -0.05) is 17.7 Å². The summed E-state index contributed by atoms with van der Waals surface area (Å²) in [5, 5.41) is 3.94. The number of amides is 1. The third-order valence-electron chi connectivity index (χ3n) is 3.40. The number of rotatable bonds is 0. The fourth-order valence-corrected chi connectivity index (χ4v) is 2.81. The van der Waals surface area contributed by atoms with Crippen molar-refractivity contribution in [3.8, 4) is 0 Å². The van der Waals surface area contributed by atoms with Crippen molar-refractivity contribution < 1.29 is 4.79 Å². The quantitative estimate of drug-likeness (QED) is 0.738. The Morgan fingerprint density at radius 3 is 3.19 bits per heavy atom. The van der Waals surface area contributed by atoms with Gasteiger partial charge in [0, 0.05) is 18.1 Å². The summed E-state index contributed by atoms with van der Waals surface area (Å²) in [6.07, 6.45) is 0.915. The lowest BCUT2D eigenvalue weighted by Gasteiger charge is -2.40. The first-order chi connectivity index (χ1) is 7.75. The van der Waals surface area contributed by atoms with E-state index in [2.05, 4.69) is 11.4 Å². The Labute approximate surface area is 99.4 Å². The molecule has 0 aromatic heterocycles. The highest BCUT2D eigenvalue weighted by Crippen LogP contribution is 2.32. The van der Waals surface area contributed by atoms with Gasteiger partial charge in [0.2, 0.25) is 5.91 Å². The molecule has 16 heavy (non-hydrogen) atoms. The molecule has 4 heteroatoms.